The fourth-order valence-corrected chi connectivity index (χ4v) is 4.45. The van der Waals surface area contributed by atoms with E-state index in [4.69, 9.17) is 0 Å². The van der Waals surface area contributed by atoms with Crippen LogP contribution in [0, 0.1) is 0 Å². The van der Waals surface area contributed by atoms with E-state index in [2.05, 4.69) is 25.5 Å². The van der Waals surface area contributed by atoms with Crippen LogP contribution in [0.1, 0.15) is 18.9 Å². The number of hydrogen-bond acceptors (Lipinski definition) is 4. The molecule has 0 radical (unpaired) electrons. The van der Waals surface area contributed by atoms with E-state index in [1.54, 1.807) is 29.6 Å². The van der Waals surface area contributed by atoms with Crippen LogP contribution in [0.5, 0.6) is 0 Å². The number of benzene rings is 1. The van der Waals surface area contributed by atoms with E-state index < -0.39 is 10.0 Å². The van der Waals surface area contributed by atoms with Crippen LogP contribution >= 0.6 is 15.9 Å². The molecular weight excluding hydrogens is 420 g/mol. The third-order valence-corrected chi connectivity index (χ3v) is 6.99. The summed E-state index contributed by atoms with van der Waals surface area (Å²) in [7, 11) is -2.25. The predicted molar refractivity (Wildman–Crippen MR) is 101 cm³/mol. The maximum absolute atomic E-state index is 12.6. The van der Waals surface area contributed by atoms with E-state index in [9.17, 15) is 13.2 Å². The van der Waals surface area contributed by atoms with Gasteiger partial charge in [-0.15, -0.1) is 0 Å². The fraction of sp³-hybridized carbons (Fsp3) is 0.412. The minimum atomic E-state index is -3.68. The van der Waals surface area contributed by atoms with Crippen molar-refractivity contribution < 1.29 is 13.2 Å². The van der Waals surface area contributed by atoms with Gasteiger partial charge in [0.05, 0.1) is 17.8 Å². The molecule has 1 aromatic heterocycles. The summed E-state index contributed by atoms with van der Waals surface area (Å²) in [6, 6.07) is 6.73. The van der Waals surface area contributed by atoms with Gasteiger partial charge in [-0.1, -0.05) is 15.9 Å². The van der Waals surface area contributed by atoms with Crippen molar-refractivity contribution in [3.05, 3.63) is 47.5 Å². The van der Waals surface area contributed by atoms with Gasteiger partial charge in [-0.05, 0) is 37.1 Å². The molecule has 0 spiro atoms. The first kappa shape index (κ1) is 19.1. The van der Waals surface area contributed by atoms with Crippen LogP contribution in [-0.4, -0.2) is 59.8 Å². The normalized spacial score (nSPS) is 16.2. The molecule has 0 bridgehead atoms. The van der Waals surface area contributed by atoms with Crippen molar-refractivity contribution in [1.29, 1.82) is 0 Å². The molecule has 0 N–H and O–H groups in total. The zero-order chi connectivity index (χ0) is 18.7. The van der Waals surface area contributed by atoms with Gasteiger partial charge in [-0.2, -0.15) is 4.31 Å². The van der Waals surface area contributed by atoms with Gasteiger partial charge in [-0.25, -0.2) is 13.4 Å². The average molecular weight is 441 g/mol. The molecule has 1 fully saturated rings. The number of nitrogens with zero attached hydrogens (tertiary/aromatic N) is 4. The average Bonchev–Trinajstić information content (AvgIpc) is 3.17. The van der Waals surface area contributed by atoms with Gasteiger partial charge in [0.2, 0.25) is 15.9 Å². The van der Waals surface area contributed by atoms with Crippen molar-refractivity contribution in [1.82, 2.24) is 18.8 Å². The van der Waals surface area contributed by atoms with Gasteiger partial charge in [-0.3, -0.25) is 4.79 Å². The molecular formula is C17H21BrN4O3S. The van der Waals surface area contributed by atoms with E-state index in [0.29, 0.717) is 19.1 Å². The Morgan fingerprint density at radius 2 is 1.92 bits per heavy atom. The quantitative estimate of drug-likeness (QED) is 0.713. The van der Waals surface area contributed by atoms with Crippen molar-refractivity contribution in [3.63, 3.8) is 0 Å². The van der Waals surface area contributed by atoms with Gasteiger partial charge in [0.25, 0.3) is 0 Å². The molecule has 26 heavy (non-hydrogen) atoms. The van der Waals surface area contributed by atoms with Crippen molar-refractivity contribution in [3.8, 4) is 0 Å². The molecule has 0 atom stereocenters. The summed E-state index contributed by atoms with van der Waals surface area (Å²) >= 11 is 3.29. The highest BCUT2D eigenvalue weighted by molar-refractivity contribution is 9.10. The molecule has 0 unspecified atom stereocenters. The molecule has 3 rings (SSSR count). The number of imidazole rings is 1. The topological polar surface area (TPSA) is 75.5 Å². The van der Waals surface area contributed by atoms with Crippen LogP contribution in [0.25, 0.3) is 0 Å². The number of sulfonamides is 1. The highest BCUT2D eigenvalue weighted by Gasteiger charge is 2.28. The van der Waals surface area contributed by atoms with Gasteiger partial charge in [0.15, 0.2) is 0 Å². The van der Waals surface area contributed by atoms with Gasteiger partial charge in [0, 0.05) is 43.0 Å². The Morgan fingerprint density at radius 3 is 2.50 bits per heavy atom. The second-order valence-corrected chi connectivity index (χ2v) is 9.30. The molecule has 2 aromatic rings. The van der Waals surface area contributed by atoms with E-state index >= 15 is 0 Å². The Hall–Kier alpha value is -1.71. The standard InChI is InChI=1S/C17H21BrN4O3S/c1-20(26(24,25)16-4-2-14(18)3-5-16)12-17(23)21-9-6-15(7-10-21)22-11-8-19-13-22/h2-5,8,11,13,15H,6-7,9-10,12H2,1H3. The maximum atomic E-state index is 12.6. The lowest BCUT2D eigenvalue weighted by molar-refractivity contribution is -0.132. The first-order chi connectivity index (χ1) is 12.4. The Balaban J connectivity index is 1.58. The van der Waals surface area contributed by atoms with Crippen LogP contribution in [0.4, 0.5) is 0 Å². The van der Waals surface area contributed by atoms with E-state index in [1.165, 1.54) is 19.2 Å². The second-order valence-electron chi connectivity index (χ2n) is 6.34. The third kappa shape index (κ3) is 4.16. The lowest BCUT2D eigenvalue weighted by Gasteiger charge is -2.33. The van der Waals surface area contributed by atoms with E-state index in [0.717, 1.165) is 21.6 Å². The smallest absolute Gasteiger partial charge is 0.243 e. The van der Waals surface area contributed by atoms with E-state index in [1.807, 2.05) is 6.20 Å². The number of amides is 1. The number of rotatable bonds is 5. The molecule has 1 amide bonds. The largest absolute Gasteiger partial charge is 0.341 e. The lowest BCUT2D eigenvalue weighted by Crippen LogP contribution is -2.44. The van der Waals surface area contributed by atoms with Gasteiger partial charge < -0.3 is 9.47 Å². The Labute approximate surface area is 161 Å². The summed E-state index contributed by atoms with van der Waals surface area (Å²) in [5.41, 5.74) is 0. The minimum absolute atomic E-state index is 0.159. The van der Waals surface area contributed by atoms with Crippen molar-refractivity contribution >= 4 is 31.9 Å². The minimum Gasteiger partial charge on any atom is -0.341 e. The van der Waals surface area contributed by atoms with Crippen LogP contribution < -0.4 is 0 Å². The molecule has 1 aliphatic rings. The molecule has 0 aliphatic carbocycles. The molecule has 2 heterocycles. The van der Waals surface area contributed by atoms with Crippen LogP contribution in [0.2, 0.25) is 0 Å². The number of piperidine rings is 1. The summed E-state index contributed by atoms with van der Waals surface area (Å²) in [5, 5.41) is 0. The summed E-state index contributed by atoms with van der Waals surface area (Å²) in [5.74, 6) is -0.169. The number of carbonyl (C=O) groups excluding carboxylic acids is 1. The Kier molecular flexibility index (Phi) is 5.79. The van der Waals surface area contributed by atoms with E-state index in [-0.39, 0.29) is 17.3 Å². The Bertz CT molecular complexity index is 845. The highest BCUT2D eigenvalue weighted by Crippen LogP contribution is 2.23. The fourth-order valence-electron chi connectivity index (χ4n) is 3.06. The maximum Gasteiger partial charge on any atom is 0.243 e. The number of likely N-dealkylation sites (tertiary alicyclic amines) is 1. The SMILES string of the molecule is CN(CC(=O)N1CCC(n2ccnc2)CC1)S(=O)(=O)c1ccc(Br)cc1. The summed E-state index contributed by atoms with van der Waals surface area (Å²) < 4.78 is 29.2. The second kappa shape index (κ2) is 7.89. The predicted octanol–water partition coefficient (Wildman–Crippen LogP) is 2.13. The van der Waals surface area contributed by atoms with Crippen molar-refractivity contribution in [2.24, 2.45) is 0 Å². The molecule has 1 saturated heterocycles. The van der Waals surface area contributed by atoms with Crippen molar-refractivity contribution in [2.75, 3.05) is 26.7 Å². The summed E-state index contributed by atoms with van der Waals surface area (Å²) in [6.45, 7) is 1.08. The lowest BCUT2D eigenvalue weighted by atomic mass is 10.0. The molecule has 140 valence electrons. The molecule has 1 aliphatic heterocycles. The number of hydrogen-bond donors (Lipinski definition) is 0. The zero-order valence-electron chi connectivity index (χ0n) is 14.5. The molecule has 0 saturated carbocycles. The van der Waals surface area contributed by atoms with Gasteiger partial charge in [0.1, 0.15) is 0 Å². The Morgan fingerprint density at radius 1 is 1.27 bits per heavy atom. The summed E-state index contributed by atoms with van der Waals surface area (Å²) in [6.07, 6.45) is 7.15. The van der Waals surface area contributed by atoms with Gasteiger partial charge >= 0.3 is 0 Å². The molecule has 9 heteroatoms. The van der Waals surface area contributed by atoms with Crippen LogP contribution in [0.15, 0.2) is 52.4 Å². The summed E-state index contributed by atoms with van der Waals surface area (Å²) in [4.78, 5) is 18.5. The first-order valence-electron chi connectivity index (χ1n) is 8.35. The zero-order valence-corrected chi connectivity index (χ0v) is 16.9. The monoisotopic (exact) mass is 440 g/mol. The number of halogens is 1. The third-order valence-electron chi connectivity index (χ3n) is 4.64. The number of carbonyl (C=O) groups is 1. The highest BCUT2D eigenvalue weighted by atomic mass is 79.9. The number of likely N-dealkylation sites (N-methyl/N-ethyl adjacent to an activating group) is 1. The number of aromatic nitrogens is 2. The molecule has 7 nitrogen and oxygen atoms in total. The first-order valence-corrected chi connectivity index (χ1v) is 10.6. The van der Waals surface area contributed by atoms with Crippen LogP contribution in [-0.2, 0) is 14.8 Å². The molecule has 1 aromatic carbocycles. The van der Waals surface area contributed by atoms with Crippen molar-refractivity contribution in [2.45, 2.75) is 23.8 Å². The van der Waals surface area contributed by atoms with Crippen LogP contribution in [0.3, 0.4) is 0 Å².